The van der Waals surface area contributed by atoms with Crippen LogP contribution in [0.15, 0.2) is 25.4 Å². The monoisotopic (exact) mass is 134 g/mol. The summed E-state index contributed by atoms with van der Waals surface area (Å²) in [4.78, 5) is 7.25. The Hall–Kier alpha value is -1.72. The van der Waals surface area contributed by atoms with Gasteiger partial charge in [0.2, 0.25) is 11.8 Å². The summed E-state index contributed by atoms with van der Waals surface area (Å²) in [5.41, 5.74) is 0.524. The average molecular weight is 134 g/mol. The number of hydrogen-bond donors (Lipinski definition) is 1. The fraction of sp³-hybridized carbons (Fsp3) is 0. The average Bonchev–Trinajstić information content (AvgIpc) is 2.33. The fourth-order valence-corrected chi connectivity index (χ4v) is 0.624. The maximum absolute atomic E-state index is 7.00. The second kappa shape index (κ2) is 1.63. The highest BCUT2D eigenvalue weighted by Gasteiger charge is 2.15. The molecular weight excluding hydrogens is 132 g/mol. The van der Waals surface area contributed by atoms with Crippen LogP contribution in [0, 0.1) is 5.41 Å². The maximum Gasteiger partial charge on any atom is 0.244 e. The lowest BCUT2D eigenvalue weighted by Crippen LogP contribution is -2.16. The van der Waals surface area contributed by atoms with Crippen LogP contribution in [0.2, 0.25) is 0 Å². The van der Waals surface area contributed by atoms with Crippen molar-refractivity contribution in [2.75, 3.05) is 0 Å². The van der Waals surface area contributed by atoms with Gasteiger partial charge in [0.05, 0.1) is 6.21 Å². The molecule has 0 aromatic carbocycles. The van der Waals surface area contributed by atoms with Gasteiger partial charge in [-0.05, 0) is 5.22 Å². The standard InChI is InChI=1S/C4H2N6/c5-4-6-1-2-3(7-4)9-10-8-2/h1,5H. The number of nitrogens with one attached hydrogen (secondary N) is 1. The highest BCUT2D eigenvalue weighted by molar-refractivity contribution is 6.65. The molecule has 0 aromatic heterocycles. The molecule has 48 valence electrons. The number of aliphatic imine (C=N–C) groups is 2. The molecule has 0 amide bonds. The lowest BCUT2D eigenvalue weighted by atomic mass is 10.3. The van der Waals surface area contributed by atoms with E-state index in [0.717, 1.165) is 0 Å². The Morgan fingerprint density at radius 2 is 2.30 bits per heavy atom. The molecule has 2 aliphatic heterocycles. The first-order chi connectivity index (χ1) is 4.86. The SMILES string of the molecule is N=C1N=CC2=NN=NC2=N1. The van der Waals surface area contributed by atoms with Gasteiger partial charge in [0, 0.05) is 0 Å². The zero-order valence-corrected chi connectivity index (χ0v) is 4.81. The van der Waals surface area contributed by atoms with Crippen molar-refractivity contribution < 1.29 is 0 Å². The minimum absolute atomic E-state index is 0.0604. The smallest absolute Gasteiger partial charge is 0.244 e. The summed E-state index contributed by atoms with van der Waals surface area (Å²) in [6.45, 7) is 0. The van der Waals surface area contributed by atoms with E-state index in [1.807, 2.05) is 0 Å². The van der Waals surface area contributed by atoms with Gasteiger partial charge in [0.25, 0.3) is 0 Å². The first kappa shape index (κ1) is 5.10. The van der Waals surface area contributed by atoms with E-state index in [0.29, 0.717) is 11.5 Å². The van der Waals surface area contributed by atoms with Crippen LogP contribution in [0.25, 0.3) is 0 Å². The van der Waals surface area contributed by atoms with E-state index in [4.69, 9.17) is 5.41 Å². The van der Waals surface area contributed by atoms with E-state index in [1.165, 1.54) is 6.21 Å². The first-order valence-electron chi connectivity index (χ1n) is 2.56. The number of amidine groups is 1. The van der Waals surface area contributed by atoms with Gasteiger partial charge in [-0.2, -0.15) is 4.99 Å². The van der Waals surface area contributed by atoms with Crippen molar-refractivity contribution in [3.8, 4) is 0 Å². The van der Waals surface area contributed by atoms with Gasteiger partial charge in [-0.25, -0.2) is 4.99 Å². The summed E-state index contributed by atoms with van der Waals surface area (Å²) in [7, 11) is 0. The van der Waals surface area contributed by atoms with Crippen molar-refractivity contribution in [3.63, 3.8) is 0 Å². The van der Waals surface area contributed by atoms with Gasteiger partial charge in [0.15, 0.2) is 5.71 Å². The van der Waals surface area contributed by atoms with Crippen molar-refractivity contribution in [3.05, 3.63) is 0 Å². The summed E-state index contributed by atoms with van der Waals surface area (Å²) in [6.07, 6.45) is 1.42. The minimum Gasteiger partial charge on any atom is -0.265 e. The summed E-state index contributed by atoms with van der Waals surface area (Å²) >= 11 is 0. The molecular formula is C4H2N6. The zero-order chi connectivity index (χ0) is 6.97. The van der Waals surface area contributed by atoms with Gasteiger partial charge in [-0.15, -0.1) is 10.2 Å². The summed E-state index contributed by atoms with van der Waals surface area (Å²) in [5, 5.41) is 17.5. The van der Waals surface area contributed by atoms with Gasteiger partial charge in [-0.3, -0.25) is 5.41 Å². The molecule has 6 heteroatoms. The van der Waals surface area contributed by atoms with Crippen LogP contribution in [0.5, 0.6) is 0 Å². The van der Waals surface area contributed by atoms with Crippen LogP contribution in [0.4, 0.5) is 0 Å². The fourth-order valence-electron chi connectivity index (χ4n) is 0.624. The molecule has 0 radical (unpaired) electrons. The van der Waals surface area contributed by atoms with E-state index in [9.17, 15) is 0 Å². The molecule has 2 aliphatic rings. The van der Waals surface area contributed by atoms with Gasteiger partial charge < -0.3 is 0 Å². The Balaban J connectivity index is 2.51. The van der Waals surface area contributed by atoms with Crippen molar-refractivity contribution in [2.45, 2.75) is 0 Å². The van der Waals surface area contributed by atoms with E-state index < -0.39 is 0 Å². The molecule has 1 N–H and O–H groups in total. The largest absolute Gasteiger partial charge is 0.265 e. The van der Waals surface area contributed by atoms with E-state index in [1.54, 1.807) is 0 Å². The zero-order valence-electron chi connectivity index (χ0n) is 4.81. The second-order valence-corrected chi connectivity index (χ2v) is 1.69. The number of guanidine groups is 1. The molecule has 0 atom stereocenters. The van der Waals surface area contributed by atoms with Crippen LogP contribution in [-0.2, 0) is 0 Å². The van der Waals surface area contributed by atoms with Crippen LogP contribution in [0.3, 0.4) is 0 Å². The maximum atomic E-state index is 7.00. The Bertz CT molecular complexity index is 306. The van der Waals surface area contributed by atoms with Gasteiger partial charge in [-0.1, -0.05) is 0 Å². The normalized spacial score (nSPS) is 20.6. The molecule has 0 fully saturated rings. The van der Waals surface area contributed by atoms with Crippen LogP contribution in [0.1, 0.15) is 0 Å². The topological polar surface area (TPSA) is 85.6 Å². The summed E-state index contributed by atoms with van der Waals surface area (Å²) in [6, 6.07) is 0. The van der Waals surface area contributed by atoms with Crippen LogP contribution in [-0.4, -0.2) is 23.7 Å². The van der Waals surface area contributed by atoms with Crippen molar-refractivity contribution in [2.24, 2.45) is 25.4 Å². The molecule has 2 heterocycles. The predicted octanol–water partition coefficient (Wildman–Crippen LogP) is 0.226. The third-order valence-corrected chi connectivity index (χ3v) is 1.04. The number of rotatable bonds is 0. The van der Waals surface area contributed by atoms with Crippen molar-refractivity contribution in [1.29, 1.82) is 5.41 Å². The molecule has 0 saturated carbocycles. The summed E-state index contributed by atoms with van der Waals surface area (Å²) in [5.74, 6) is 0.315. The Morgan fingerprint density at radius 3 is 3.20 bits per heavy atom. The van der Waals surface area contributed by atoms with E-state index in [-0.39, 0.29) is 5.96 Å². The number of nitrogens with zero attached hydrogens (tertiary/aromatic N) is 5. The Kier molecular flexibility index (Phi) is 0.830. The quantitative estimate of drug-likeness (QED) is 0.491. The highest BCUT2D eigenvalue weighted by Crippen LogP contribution is 2.02. The third-order valence-electron chi connectivity index (χ3n) is 1.04. The van der Waals surface area contributed by atoms with Gasteiger partial charge in [0.1, 0.15) is 0 Å². The van der Waals surface area contributed by atoms with E-state index >= 15 is 0 Å². The molecule has 6 nitrogen and oxygen atoms in total. The molecule has 0 aliphatic carbocycles. The first-order valence-corrected chi connectivity index (χ1v) is 2.56. The molecule has 0 saturated heterocycles. The summed E-state index contributed by atoms with van der Waals surface area (Å²) < 4.78 is 0. The molecule has 0 aromatic rings. The molecule has 10 heavy (non-hydrogen) atoms. The molecule has 2 rings (SSSR count). The molecule has 0 spiro atoms. The second-order valence-electron chi connectivity index (χ2n) is 1.69. The van der Waals surface area contributed by atoms with Crippen LogP contribution >= 0.6 is 0 Å². The molecule has 0 unspecified atom stereocenters. The van der Waals surface area contributed by atoms with Crippen molar-refractivity contribution in [1.82, 2.24) is 0 Å². The van der Waals surface area contributed by atoms with E-state index in [2.05, 4.69) is 25.4 Å². The third kappa shape index (κ3) is 0.586. The number of hydrogen-bond acceptors (Lipinski definition) is 4. The Labute approximate surface area is 55.6 Å². The minimum atomic E-state index is -0.0604. The highest BCUT2D eigenvalue weighted by atomic mass is 15.4. The Morgan fingerprint density at radius 1 is 1.40 bits per heavy atom. The molecule has 0 bridgehead atoms. The lowest BCUT2D eigenvalue weighted by molar-refractivity contribution is 1.13. The van der Waals surface area contributed by atoms with Crippen LogP contribution < -0.4 is 0 Å². The predicted molar refractivity (Wildman–Crippen MR) is 35.9 cm³/mol. The van der Waals surface area contributed by atoms with Crippen molar-refractivity contribution >= 4 is 23.7 Å². The van der Waals surface area contributed by atoms with Gasteiger partial charge >= 0.3 is 0 Å². The number of fused-ring (bicyclic) bond motifs is 1. The lowest BCUT2D eigenvalue weighted by Gasteiger charge is -1.96.